The van der Waals surface area contributed by atoms with Gasteiger partial charge in [-0.15, -0.1) is 0 Å². The first-order valence-electron chi connectivity index (χ1n) is 6.82. The lowest BCUT2D eigenvalue weighted by Crippen LogP contribution is -2.47. The fourth-order valence-corrected chi connectivity index (χ4v) is 3.75. The predicted molar refractivity (Wildman–Crippen MR) is 77.0 cm³/mol. The second kappa shape index (κ2) is 5.57. The van der Waals surface area contributed by atoms with E-state index in [0.29, 0.717) is 6.42 Å². The van der Waals surface area contributed by atoms with Crippen molar-refractivity contribution in [2.24, 2.45) is 0 Å². The molecule has 1 aromatic rings. The highest BCUT2D eigenvalue weighted by atomic mass is 32.2. The minimum absolute atomic E-state index is 0.0524. The molecule has 20 heavy (non-hydrogen) atoms. The van der Waals surface area contributed by atoms with Gasteiger partial charge in [-0.25, -0.2) is 4.98 Å². The van der Waals surface area contributed by atoms with Crippen LogP contribution < -0.4 is 5.56 Å². The first kappa shape index (κ1) is 13.6. The van der Waals surface area contributed by atoms with Gasteiger partial charge in [-0.3, -0.25) is 14.2 Å². The van der Waals surface area contributed by atoms with Crippen LogP contribution in [0.2, 0.25) is 0 Å². The van der Waals surface area contributed by atoms with E-state index in [4.69, 9.17) is 0 Å². The van der Waals surface area contributed by atoms with E-state index in [2.05, 4.69) is 16.9 Å². The van der Waals surface area contributed by atoms with Crippen molar-refractivity contribution in [3.63, 3.8) is 0 Å². The fourth-order valence-electron chi connectivity index (χ4n) is 2.63. The van der Waals surface area contributed by atoms with Crippen molar-refractivity contribution >= 4 is 17.7 Å². The fraction of sp³-hybridized carbons (Fsp3) is 0.615. The Hall–Kier alpha value is -1.34. The van der Waals surface area contributed by atoms with E-state index in [-0.39, 0.29) is 17.5 Å². The Morgan fingerprint density at radius 1 is 1.40 bits per heavy atom. The van der Waals surface area contributed by atoms with Gasteiger partial charge in [-0.1, -0.05) is 11.8 Å². The molecule has 1 atom stereocenters. The SMILES string of the molecule is CN1CCN(C(=O)CC2CSc3nccc(=O)n32)CC1. The smallest absolute Gasteiger partial charge is 0.254 e. The number of hydrogen-bond donors (Lipinski definition) is 0. The molecule has 0 N–H and O–H groups in total. The Kier molecular flexibility index (Phi) is 3.80. The van der Waals surface area contributed by atoms with Crippen LogP contribution in [0.5, 0.6) is 0 Å². The summed E-state index contributed by atoms with van der Waals surface area (Å²) in [4.78, 5) is 32.6. The summed E-state index contributed by atoms with van der Waals surface area (Å²) >= 11 is 1.55. The summed E-state index contributed by atoms with van der Waals surface area (Å²) in [6, 6.07) is 1.41. The zero-order chi connectivity index (χ0) is 14.1. The lowest BCUT2D eigenvalue weighted by molar-refractivity contribution is -0.133. The van der Waals surface area contributed by atoms with E-state index in [1.165, 1.54) is 12.3 Å². The van der Waals surface area contributed by atoms with Gasteiger partial charge in [0, 0.05) is 50.6 Å². The summed E-state index contributed by atoms with van der Waals surface area (Å²) in [6.07, 6.45) is 1.93. The summed E-state index contributed by atoms with van der Waals surface area (Å²) in [5.74, 6) is 0.901. The topological polar surface area (TPSA) is 58.4 Å². The van der Waals surface area contributed by atoms with Gasteiger partial charge in [0.15, 0.2) is 5.16 Å². The third-order valence-corrected chi connectivity index (χ3v) is 4.99. The van der Waals surface area contributed by atoms with Crippen molar-refractivity contribution in [2.75, 3.05) is 39.0 Å². The van der Waals surface area contributed by atoms with E-state index >= 15 is 0 Å². The maximum atomic E-state index is 12.3. The molecule has 2 aliphatic rings. The average molecular weight is 294 g/mol. The molecule has 1 amide bonds. The summed E-state index contributed by atoms with van der Waals surface area (Å²) in [5.41, 5.74) is -0.0591. The zero-order valence-corrected chi connectivity index (χ0v) is 12.3. The van der Waals surface area contributed by atoms with Crippen LogP contribution in [0, 0.1) is 0 Å². The first-order valence-corrected chi connectivity index (χ1v) is 7.80. The van der Waals surface area contributed by atoms with Crippen molar-refractivity contribution < 1.29 is 4.79 Å². The summed E-state index contributed by atoms with van der Waals surface area (Å²) in [6.45, 7) is 3.40. The van der Waals surface area contributed by atoms with Gasteiger partial charge in [0.05, 0.1) is 6.04 Å². The van der Waals surface area contributed by atoms with Crippen molar-refractivity contribution in [2.45, 2.75) is 17.6 Å². The van der Waals surface area contributed by atoms with E-state index in [0.717, 1.165) is 37.1 Å². The highest BCUT2D eigenvalue weighted by Crippen LogP contribution is 2.31. The molecule has 0 aliphatic carbocycles. The number of fused-ring (bicyclic) bond motifs is 1. The third kappa shape index (κ3) is 2.60. The van der Waals surface area contributed by atoms with E-state index in [9.17, 15) is 9.59 Å². The van der Waals surface area contributed by atoms with Crippen LogP contribution in [-0.2, 0) is 4.79 Å². The van der Waals surface area contributed by atoms with Crippen molar-refractivity contribution in [3.8, 4) is 0 Å². The quantitative estimate of drug-likeness (QED) is 0.722. The predicted octanol–water partition coefficient (Wildman–Crippen LogP) is 0.0542. The van der Waals surface area contributed by atoms with Crippen molar-refractivity contribution in [3.05, 3.63) is 22.6 Å². The first-order chi connectivity index (χ1) is 9.65. The van der Waals surface area contributed by atoms with Crippen LogP contribution in [0.25, 0.3) is 0 Å². The number of carbonyl (C=O) groups excluding carboxylic acids is 1. The van der Waals surface area contributed by atoms with Gasteiger partial charge in [-0.2, -0.15) is 0 Å². The maximum absolute atomic E-state index is 12.3. The number of nitrogens with zero attached hydrogens (tertiary/aromatic N) is 4. The Balaban J connectivity index is 1.68. The highest BCUT2D eigenvalue weighted by Gasteiger charge is 2.29. The normalized spacial score (nSPS) is 22.9. The van der Waals surface area contributed by atoms with Crippen molar-refractivity contribution in [1.29, 1.82) is 0 Å². The number of amides is 1. The Bertz CT molecular complexity index is 566. The molecule has 0 radical (unpaired) electrons. The summed E-state index contributed by atoms with van der Waals surface area (Å²) in [7, 11) is 2.07. The minimum Gasteiger partial charge on any atom is -0.340 e. The molecule has 1 aromatic heterocycles. The molecule has 0 spiro atoms. The van der Waals surface area contributed by atoms with Crippen LogP contribution in [0.15, 0.2) is 22.2 Å². The van der Waals surface area contributed by atoms with Crippen molar-refractivity contribution in [1.82, 2.24) is 19.4 Å². The molecule has 1 fully saturated rings. The third-order valence-electron chi connectivity index (χ3n) is 3.88. The Labute approximate surface area is 121 Å². The van der Waals surface area contributed by atoms with Crippen LogP contribution >= 0.6 is 11.8 Å². The van der Waals surface area contributed by atoms with E-state index in [1.54, 1.807) is 16.3 Å². The molecule has 0 bridgehead atoms. The minimum atomic E-state index is -0.0591. The van der Waals surface area contributed by atoms with Gasteiger partial charge >= 0.3 is 0 Å². The molecular weight excluding hydrogens is 276 g/mol. The lowest BCUT2D eigenvalue weighted by atomic mass is 10.2. The number of piperazine rings is 1. The van der Waals surface area contributed by atoms with Gasteiger partial charge in [0.1, 0.15) is 0 Å². The molecule has 3 heterocycles. The van der Waals surface area contributed by atoms with Crippen LogP contribution in [0.1, 0.15) is 12.5 Å². The number of likely N-dealkylation sites (N-methyl/N-ethyl adjacent to an activating group) is 1. The van der Waals surface area contributed by atoms with Crippen LogP contribution in [0.4, 0.5) is 0 Å². The molecule has 3 rings (SSSR count). The van der Waals surface area contributed by atoms with E-state index in [1.807, 2.05) is 4.90 Å². The van der Waals surface area contributed by atoms with Crippen LogP contribution in [0.3, 0.4) is 0 Å². The number of aromatic nitrogens is 2. The molecule has 7 heteroatoms. The molecular formula is C13H18N4O2S. The Morgan fingerprint density at radius 3 is 2.90 bits per heavy atom. The number of rotatable bonds is 2. The lowest BCUT2D eigenvalue weighted by Gasteiger charge is -2.33. The number of thioether (sulfide) groups is 1. The van der Waals surface area contributed by atoms with E-state index < -0.39 is 0 Å². The average Bonchev–Trinajstić information content (AvgIpc) is 2.84. The summed E-state index contributed by atoms with van der Waals surface area (Å²) < 4.78 is 1.67. The van der Waals surface area contributed by atoms with Gasteiger partial charge in [-0.05, 0) is 7.05 Å². The van der Waals surface area contributed by atoms with Gasteiger partial charge in [0.25, 0.3) is 5.56 Å². The molecule has 1 saturated heterocycles. The molecule has 108 valence electrons. The number of carbonyl (C=O) groups is 1. The molecule has 0 saturated carbocycles. The van der Waals surface area contributed by atoms with Gasteiger partial charge < -0.3 is 9.80 Å². The maximum Gasteiger partial charge on any atom is 0.254 e. The van der Waals surface area contributed by atoms with Gasteiger partial charge in [0.2, 0.25) is 5.91 Å². The summed E-state index contributed by atoms with van der Waals surface area (Å²) in [5, 5.41) is 0.730. The second-order valence-corrected chi connectivity index (χ2v) is 6.28. The zero-order valence-electron chi connectivity index (χ0n) is 11.5. The molecule has 6 nitrogen and oxygen atoms in total. The highest BCUT2D eigenvalue weighted by molar-refractivity contribution is 7.99. The molecule has 2 aliphatic heterocycles. The largest absolute Gasteiger partial charge is 0.340 e. The molecule has 1 unspecified atom stereocenters. The Morgan fingerprint density at radius 2 is 2.15 bits per heavy atom. The number of hydrogen-bond acceptors (Lipinski definition) is 5. The van der Waals surface area contributed by atoms with Crippen LogP contribution in [-0.4, -0.2) is 64.2 Å². The second-order valence-electron chi connectivity index (χ2n) is 5.29. The standard InChI is InChI=1S/C13H18N4O2S/c1-15-4-6-16(7-5-15)12(19)8-10-9-20-13-14-3-2-11(18)17(10)13/h2-3,10H,4-9H2,1H3. The molecule has 0 aromatic carbocycles. The monoisotopic (exact) mass is 294 g/mol.